The SMILES string of the molecule is COc1cccc(C(=O)NCc2cncnc2C(C)(C)C)c1. The Bertz CT molecular complexity index is 663. The van der Waals surface area contributed by atoms with E-state index in [0.29, 0.717) is 17.9 Å². The lowest BCUT2D eigenvalue weighted by Crippen LogP contribution is -2.26. The average molecular weight is 299 g/mol. The molecule has 0 saturated heterocycles. The second-order valence-corrected chi connectivity index (χ2v) is 6.06. The fourth-order valence-electron chi connectivity index (χ4n) is 2.20. The van der Waals surface area contributed by atoms with Gasteiger partial charge in [-0.3, -0.25) is 4.79 Å². The lowest BCUT2D eigenvalue weighted by Gasteiger charge is -2.21. The summed E-state index contributed by atoms with van der Waals surface area (Å²) in [4.78, 5) is 20.6. The molecule has 2 aromatic rings. The van der Waals surface area contributed by atoms with Crippen LogP contribution in [0, 0.1) is 0 Å². The quantitative estimate of drug-likeness (QED) is 0.943. The van der Waals surface area contributed by atoms with Crippen molar-refractivity contribution < 1.29 is 9.53 Å². The van der Waals surface area contributed by atoms with Crippen LogP contribution in [0.2, 0.25) is 0 Å². The number of hydrogen-bond donors (Lipinski definition) is 1. The van der Waals surface area contributed by atoms with Gasteiger partial charge in [-0.15, -0.1) is 0 Å². The van der Waals surface area contributed by atoms with Gasteiger partial charge in [-0.1, -0.05) is 26.8 Å². The van der Waals surface area contributed by atoms with Gasteiger partial charge in [0.05, 0.1) is 12.8 Å². The molecule has 2 rings (SSSR count). The molecule has 0 saturated carbocycles. The van der Waals surface area contributed by atoms with Crippen molar-refractivity contribution in [1.29, 1.82) is 0 Å². The van der Waals surface area contributed by atoms with Crippen molar-refractivity contribution >= 4 is 5.91 Å². The van der Waals surface area contributed by atoms with Gasteiger partial charge in [-0.25, -0.2) is 9.97 Å². The van der Waals surface area contributed by atoms with Crippen molar-refractivity contribution in [3.8, 4) is 5.75 Å². The first-order chi connectivity index (χ1) is 10.4. The molecule has 0 atom stereocenters. The molecular formula is C17H21N3O2. The smallest absolute Gasteiger partial charge is 0.251 e. The van der Waals surface area contributed by atoms with E-state index in [4.69, 9.17) is 4.74 Å². The maximum absolute atomic E-state index is 12.2. The predicted molar refractivity (Wildman–Crippen MR) is 84.9 cm³/mol. The molecule has 5 heteroatoms. The van der Waals surface area contributed by atoms with E-state index >= 15 is 0 Å². The molecule has 1 aromatic carbocycles. The number of nitrogens with one attached hydrogen (secondary N) is 1. The van der Waals surface area contributed by atoms with Gasteiger partial charge >= 0.3 is 0 Å². The Hall–Kier alpha value is -2.43. The van der Waals surface area contributed by atoms with Crippen LogP contribution in [0.1, 0.15) is 42.4 Å². The molecule has 1 heterocycles. The molecule has 116 valence electrons. The Kier molecular flexibility index (Phi) is 4.75. The molecule has 1 amide bonds. The van der Waals surface area contributed by atoms with Gasteiger partial charge < -0.3 is 10.1 Å². The summed E-state index contributed by atoms with van der Waals surface area (Å²) in [6.07, 6.45) is 3.29. The minimum Gasteiger partial charge on any atom is -0.497 e. The third-order valence-electron chi connectivity index (χ3n) is 3.27. The molecule has 0 fully saturated rings. The van der Waals surface area contributed by atoms with E-state index in [1.165, 1.54) is 6.33 Å². The Labute approximate surface area is 130 Å². The Morgan fingerprint density at radius 1 is 1.32 bits per heavy atom. The predicted octanol–water partition coefficient (Wildman–Crippen LogP) is 2.71. The lowest BCUT2D eigenvalue weighted by molar-refractivity contribution is 0.0950. The maximum atomic E-state index is 12.2. The van der Waals surface area contributed by atoms with E-state index < -0.39 is 0 Å². The number of carbonyl (C=O) groups excluding carboxylic acids is 1. The van der Waals surface area contributed by atoms with Crippen LogP contribution in [-0.4, -0.2) is 23.0 Å². The Morgan fingerprint density at radius 3 is 2.77 bits per heavy atom. The maximum Gasteiger partial charge on any atom is 0.251 e. The van der Waals surface area contributed by atoms with Crippen molar-refractivity contribution in [3.05, 3.63) is 53.6 Å². The molecule has 0 aliphatic heterocycles. The van der Waals surface area contributed by atoms with E-state index in [9.17, 15) is 4.79 Å². The van der Waals surface area contributed by atoms with Gasteiger partial charge in [0.25, 0.3) is 5.91 Å². The summed E-state index contributed by atoms with van der Waals surface area (Å²) in [5.74, 6) is 0.508. The van der Waals surface area contributed by atoms with E-state index in [-0.39, 0.29) is 11.3 Å². The van der Waals surface area contributed by atoms with Gasteiger partial charge in [-0.2, -0.15) is 0 Å². The summed E-state index contributed by atoms with van der Waals surface area (Å²) < 4.78 is 5.13. The molecule has 0 bridgehead atoms. The number of aromatic nitrogens is 2. The summed E-state index contributed by atoms with van der Waals surface area (Å²) in [5.41, 5.74) is 2.33. The van der Waals surface area contributed by atoms with Crippen molar-refractivity contribution in [3.63, 3.8) is 0 Å². The highest BCUT2D eigenvalue weighted by Crippen LogP contribution is 2.22. The second-order valence-electron chi connectivity index (χ2n) is 6.06. The van der Waals surface area contributed by atoms with Crippen molar-refractivity contribution in [1.82, 2.24) is 15.3 Å². The minimum atomic E-state index is -0.150. The third-order valence-corrected chi connectivity index (χ3v) is 3.27. The van der Waals surface area contributed by atoms with Gasteiger partial charge in [0, 0.05) is 29.3 Å². The van der Waals surface area contributed by atoms with Crippen LogP contribution in [0.25, 0.3) is 0 Å². The Morgan fingerprint density at radius 2 is 2.09 bits per heavy atom. The van der Waals surface area contributed by atoms with Gasteiger partial charge in [0.15, 0.2) is 0 Å². The summed E-state index contributed by atoms with van der Waals surface area (Å²) in [6, 6.07) is 7.06. The molecule has 0 aliphatic rings. The summed E-state index contributed by atoms with van der Waals surface area (Å²) in [7, 11) is 1.58. The second kappa shape index (κ2) is 6.56. The van der Waals surface area contributed by atoms with Crippen LogP contribution < -0.4 is 10.1 Å². The van der Waals surface area contributed by atoms with Gasteiger partial charge in [-0.05, 0) is 18.2 Å². The monoisotopic (exact) mass is 299 g/mol. The van der Waals surface area contributed by atoms with Crippen LogP contribution in [0.15, 0.2) is 36.8 Å². The zero-order chi connectivity index (χ0) is 16.2. The van der Waals surface area contributed by atoms with Gasteiger partial charge in [0.2, 0.25) is 0 Å². The number of rotatable bonds is 4. The van der Waals surface area contributed by atoms with Gasteiger partial charge in [0.1, 0.15) is 12.1 Å². The number of carbonyl (C=O) groups is 1. The number of benzene rings is 1. The summed E-state index contributed by atoms with van der Waals surface area (Å²) >= 11 is 0. The van der Waals surface area contributed by atoms with Crippen LogP contribution >= 0.6 is 0 Å². The standard InChI is InChI=1S/C17H21N3O2/c1-17(2,3)15-13(9-18-11-20-15)10-19-16(21)12-6-5-7-14(8-12)22-4/h5-9,11H,10H2,1-4H3,(H,19,21). The molecule has 1 aromatic heterocycles. The van der Waals surface area contributed by atoms with Crippen molar-refractivity contribution in [2.45, 2.75) is 32.7 Å². The zero-order valence-electron chi connectivity index (χ0n) is 13.4. The summed E-state index contributed by atoms with van der Waals surface area (Å²) in [6.45, 7) is 6.65. The van der Waals surface area contributed by atoms with Crippen LogP contribution in [0.4, 0.5) is 0 Å². The first kappa shape index (κ1) is 15.9. The van der Waals surface area contributed by atoms with E-state index in [2.05, 4.69) is 36.1 Å². The number of methoxy groups -OCH3 is 1. The average Bonchev–Trinajstić information content (AvgIpc) is 2.52. The lowest BCUT2D eigenvalue weighted by atomic mass is 9.89. The third kappa shape index (κ3) is 3.81. The summed E-state index contributed by atoms with van der Waals surface area (Å²) in [5, 5.41) is 2.90. The minimum absolute atomic E-state index is 0.0982. The zero-order valence-corrected chi connectivity index (χ0v) is 13.4. The molecule has 0 spiro atoms. The molecule has 5 nitrogen and oxygen atoms in total. The largest absolute Gasteiger partial charge is 0.497 e. The van der Waals surface area contributed by atoms with E-state index in [0.717, 1.165) is 11.3 Å². The molecule has 0 radical (unpaired) electrons. The first-order valence-electron chi connectivity index (χ1n) is 7.13. The topological polar surface area (TPSA) is 64.1 Å². The Balaban J connectivity index is 2.12. The molecule has 22 heavy (non-hydrogen) atoms. The van der Waals surface area contributed by atoms with Crippen LogP contribution in [-0.2, 0) is 12.0 Å². The van der Waals surface area contributed by atoms with Crippen molar-refractivity contribution in [2.24, 2.45) is 0 Å². The van der Waals surface area contributed by atoms with Crippen molar-refractivity contribution in [2.75, 3.05) is 7.11 Å². The highest BCUT2D eigenvalue weighted by molar-refractivity contribution is 5.94. The highest BCUT2D eigenvalue weighted by atomic mass is 16.5. The fraction of sp³-hybridized carbons (Fsp3) is 0.353. The molecular weight excluding hydrogens is 278 g/mol. The van der Waals surface area contributed by atoms with E-state index in [1.54, 1.807) is 37.6 Å². The number of nitrogens with zero attached hydrogens (tertiary/aromatic N) is 2. The normalized spacial score (nSPS) is 11.1. The number of amides is 1. The van der Waals surface area contributed by atoms with Crippen LogP contribution in [0.3, 0.4) is 0 Å². The fourth-order valence-corrected chi connectivity index (χ4v) is 2.20. The molecule has 1 N–H and O–H groups in total. The molecule has 0 aliphatic carbocycles. The van der Waals surface area contributed by atoms with E-state index in [1.807, 2.05) is 0 Å². The highest BCUT2D eigenvalue weighted by Gasteiger charge is 2.20. The number of hydrogen-bond acceptors (Lipinski definition) is 4. The van der Waals surface area contributed by atoms with Crippen LogP contribution in [0.5, 0.6) is 5.75 Å². The molecule has 0 unspecified atom stereocenters. The number of ether oxygens (including phenoxy) is 1. The first-order valence-corrected chi connectivity index (χ1v) is 7.13.